The Morgan fingerprint density at radius 2 is 1.83 bits per heavy atom. The van der Waals surface area contributed by atoms with Crippen LogP contribution < -0.4 is 25.4 Å². The van der Waals surface area contributed by atoms with E-state index in [1.807, 2.05) is 6.07 Å². The molecule has 1 amide bonds. The summed E-state index contributed by atoms with van der Waals surface area (Å²) in [5, 5.41) is 2.97. The topological polar surface area (TPSA) is 145 Å². The second-order valence-corrected chi connectivity index (χ2v) is 8.81. The van der Waals surface area contributed by atoms with Gasteiger partial charge in [-0.05, 0) is 36.5 Å². The molecule has 0 radical (unpaired) electrons. The van der Waals surface area contributed by atoms with E-state index in [-0.39, 0.29) is 22.7 Å². The summed E-state index contributed by atoms with van der Waals surface area (Å²) >= 11 is 1.13. The number of hydrogen-bond acceptors (Lipinski definition) is 12. The van der Waals surface area contributed by atoms with E-state index >= 15 is 0 Å². The minimum atomic E-state index is -0.372. The molecule has 0 aliphatic carbocycles. The number of aromatic nitrogens is 5. The van der Waals surface area contributed by atoms with Crippen molar-refractivity contribution >= 4 is 41.3 Å². The maximum atomic E-state index is 12.4. The van der Waals surface area contributed by atoms with Crippen LogP contribution in [0.3, 0.4) is 0 Å². The van der Waals surface area contributed by atoms with E-state index in [0.717, 1.165) is 43.5 Å². The van der Waals surface area contributed by atoms with Crippen molar-refractivity contribution in [2.24, 2.45) is 0 Å². The molecule has 13 heteroatoms. The number of rotatable bonds is 8. The van der Waals surface area contributed by atoms with Crippen molar-refractivity contribution in [3.63, 3.8) is 0 Å². The third kappa shape index (κ3) is 6.37. The molecule has 3 aromatic rings. The van der Waals surface area contributed by atoms with Gasteiger partial charge in [0.05, 0.1) is 14.2 Å². The van der Waals surface area contributed by atoms with E-state index < -0.39 is 0 Å². The van der Waals surface area contributed by atoms with E-state index in [1.54, 1.807) is 24.5 Å². The van der Waals surface area contributed by atoms with Crippen LogP contribution in [0.15, 0.2) is 46.7 Å². The first-order valence-electron chi connectivity index (χ1n) is 11.1. The Morgan fingerprint density at radius 3 is 2.47 bits per heavy atom. The van der Waals surface area contributed by atoms with Crippen LogP contribution >= 0.6 is 11.8 Å². The van der Waals surface area contributed by atoms with Crippen LogP contribution in [-0.2, 0) is 4.79 Å². The smallest absolute Gasteiger partial charge is 0.249 e. The number of amides is 1. The number of piperazine rings is 1. The molecule has 12 nitrogen and oxygen atoms in total. The maximum Gasteiger partial charge on any atom is 0.249 e. The van der Waals surface area contributed by atoms with Crippen LogP contribution in [0, 0.1) is 0 Å². The normalized spacial score (nSPS) is 14.1. The number of carbonyl (C=O) groups excluding carboxylic acids is 1. The predicted octanol–water partition coefficient (Wildman–Crippen LogP) is 1.82. The quantitative estimate of drug-likeness (QED) is 0.337. The number of ether oxygens (including phenoxy) is 2. The highest BCUT2D eigenvalue weighted by Gasteiger charge is 2.24. The SMILES string of the molecule is COc1nc(N2CCN(C)CC2)nc(OC)c1Sc1nc(N)cc(NC(=O)C=Cc2cccnc2)n1. The molecular formula is C23H27N9O3S. The highest BCUT2D eigenvalue weighted by atomic mass is 32.2. The molecule has 3 N–H and O–H groups in total. The summed E-state index contributed by atoms with van der Waals surface area (Å²) in [5.41, 5.74) is 6.78. The Labute approximate surface area is 213 Å². The third-order valence-electron chi connectivity index (χ3n) is 5.25. The molecule has 36 heavy (non-hydrogen) atoms. The van der Waals surface area contributed by atoms with Gasteiger partial charge < -0.3 is 30.3 Å². The van der Waals surface area contributed by atoms with Crippen LogP contribution in [0.1, 0.15) is 5.56 Å². The summed E-state index contributed by atoms with van der Waals surface area (Å²) in [6, 6.07) is 5.10. The minimum absolute atomic E-state index is 0.187. The number of hydrogen-bond donors (Lipinski definition) is 2. The Bertz CT molecular complexity index is 1210. The number of methoxy groups -OCH3 is 2. The number of nitrogen functional groups attached to an aromatic ring is 1. The molecule has 1 aliphatic heterocycles. The summed E-state index contributed by atoms with van der Waals surface area (Å²) in [5.74, 6) is 1.25. The number of nitrogens with two attached hydrogens (primary N) is 1. The summed E-state index contributed by atoms with van der Waals surface area (Å²) in [6.07, 6.45) is 6.35. The standard InChI is InChI=1S/C23H27N9O3S/c1-31-9-11-32(12-10-31)22-29-20(34-2)19(21(30-22)35-3)36-23-26-16(24)13-17(28-23)27-18(33)7-6-15-5-4-8-25-14-15/h4-8,13-14H,9-12H2,1-3H3,(H3,24,26,27,28,33). The third-order valence-corrected chi connectivity index (χ3v) is 6.16. The zero-order chi connectivity index (χ0) is 25.5. The van der Waals surface area contributed by atoms with Gasteiger partial charge >= 0.3 is 0 Å². The Hall–Kier alpha value is -3.97. The molecule has 188 valence electrons. The lowest BCUT2D eigenvalue weighted by Crippen LogP contribution is -2.45. The highest BCUT2D eigenvalue weighted by Crippen LogP contribution is 2.40. The van der Waals surface area contributed by atoms with Gasteiger partial charge in [0.2, 0.25) is 23.6 Å². The summed E-state index contributed by atoms with van der Waals surface area (Å²) < 4.78 is 11.1. The second kappa shape index (κ2) is 11.6. The molecule has 0 bridgehead atoms. The van der Waals surface area contributed by atoms with E-state index in [2.05, 4.69) is 47.1 Å². The van der Waals surface area contributed by atoms with Crippen LogP contribution in [0.2, 0.25) is 0 Å². The molecule has 4 heterocycles. The number of likely N-dealkylation sites (N-methyl/N-ethyl adjacent to an activating group) is 1. The average molecular weight is 510 g/mol. The van der Waals surface area contributed by atoms with Crippen molar-refractivity contribution in [1.82, 2.24) is 29.8 Å². The molecule has 3 aromatic heterocycles. The molecule has 0 atom stereocenters. The van der Waals surface area contributed by atoms with E-state index in [1.165, 1.54) is 26.4 Å². The molecule has 4 rings (SSSR count). The Balaban J connectivity index is 1.54. The van der Waals surface area contributed by atoms with E-state index in [4.69, 9.17) is 15.2 Å². The van der Waals surface area contributed by atoms with Gasteiger partial charge in [-0.15, -0.1) is 0 Å². The molecule has 0 aromatic carbocycles. The largest absolute Gasteiger partial charge is 0.480 e. The van der Waals surface area contributed by atoms with Crippen LogP contribution in [0.4, 0.5) is 17.6 Å². The number of nitrogens with zero attached hydrogens (tertiary/aromatic N) is 7. The van der Waals surface area contributed by atoms with Gasteiger partial charge in [0, 0.05) is 50.7 Å². The predicted molar refractivity (Wildman–Crippen MR) is 137 cm³/mol. The fourth-order valence-corrected chi connectivity index (χ4v) is 4.28. The van der Waals surface area contributed by atoms with Crippen LogP contribution in [0.5, 0.6) is 11.8 Å². The monoisotopic (exact) mass is 509 g/mol. The first-order chi connectivity index (χ1) is 17.4. The van der Waals surface area contributed by atoms with E-state index in [0.29, 0.717) is 22.6 Å². The lowest BCUT2D eigenvalue weighted by atomic mass is 10.2. The van der Waals surface area contributed by atoms with Gasteiger partial charge in [-0.2, -0.15) is 9.97 Å². The van der Waals surface area contributed by atoms with Crippen molar-refractivity contribution in [2.45, 2.75) is 10.1 Å². The first-order valence-corrected chi connectivity index (χ1v) is 11.9. The van der Waals surface area contributed by atoms with Gasteiger partial charge in [0.1, 0.15) is 16.5 Å². The number of carbonyl (C=O) groups is 1. The first kappa shape index (κ1) is 25.1. The summed E-state index contributed by atoms with van der Waals surface area (Å²) in [4.78, 5) is 39.1. The maximum absolute atomic E-state index is 12.4. The van der Waals surface area contributed by atoms with Gasteiger partial charge in [-0.3, -0.25) is 9.78 Å². The molecule has 1 saturated heterocycles. The van der Waals surface area contributed by atoms with Crippen molar-refractivity contribution in [3.8, 4) is 11.8 Å². The highest BCUT2D eigenvalue weighted by molar-refractivity contribution is 7.99. The fraction of sp³-hybridized carbons (Fsp3) is 0.304. The number of nitrogens with one attached hydrogen (secondary N) is 1. The zero-order valence-corrected chi connectivity index (χ0v) is 21.0. The fourth-order valence-electron chi connectivity index (χ4n) is 3.37. The van der Waals surface area contributed by atoms with Crippen molar-refractivity contribution in [3.05, 3.63) is 42.2 Å². The van der Waals surface area contributed by atoms with Gasteiger partial charge in [0.15, 0.2) is 5.16 Å². The van der Waals surface area contributed by atoms with Gasteiger partial charge in [-0.1, -0.05) is 6.07 Å². The van der Waals surface area contributed by atoms with Crippen molar-refractivity contribution in [1.29, 1.82) is 0 Å². The van der Waals surface area contributed by atoms with Gasteiger partial charge in [0.25, 0.3) is 0 Å². The Kier molecular flexibility index (Phi) is 8.13. The zero-order valence-electron chi connectivity index (χ0n) is 20.2. The lowest BCUT2D eigenvalue weighted by molar-refractivity contribution is -0.111. The van der Waals surface area contributed by atoms with Crippen LogP contribution in [0.25, 0.3) is 6.08 Å². The molecule has 0 spiro atoms. The number of anilines is 3. The summed E-state index contributed by atoms with van der Waals surface area (Å²) in [6.45, 7) is 3.42. The molecule has 1 aliphatic rings. The van der Waals surface area contributed by atoms with Crippen molar-refractivity contribution < 1.29 is 14.3 Å². The second-order valence-electron chi connectivity index (χ2n) is 7.83. The molecule has 0 saturated carbocycles. The minimum Gasteiger partial charge on any atom is -0.480 e. The Morgan fingerprint density at radius 1 is 1.11 bits per heavy atom. The van der Waals surface area contributed by atoms with Gasteiger partial charge in [-0.25, -0.2) is 9.97 Å². The van der Waals surface area contributed by atoms with Crippen molar-refractivity contribution in [2.75, 3.05) is 63.4 Å². The average Bonchev–Trinajstić information content (AvgIpc) is 2.88. The number of pyridine rings is 1. The van der Waals surface area contributed by atoms with Crippen LogP contribution in [-0.4, -0.2) is 83.2 Å². The molecule has 1 fully saturated rings. The molecular weight excluding hydrogens is 482 g/mol. The summed E-state index contributed by atoms with van der Waals surface area (Å²) in [7, 11) is 5.14. The van der Waals surface area contributed by atoms with E-state index in [9.17, 15) is 4.79 Å². The molecule has 0 unspecified atom stereocenters. The lowest BCUT2D eigenvalue weighted by Gasteiger charge is -2.32.